The number of nitrogens with one attached hydrogen (secondary N) is 1. The topological polar surface area (TPSA) is 38.8 Å². The third kappa shape index (κ3) is 4.95. The third-order valence-electron chi connectivity index (χ3n) is 5.68. The molecule has 1 aromatic carbocycles. The Bertz CT molecular complexity index is 543. The Labute approximate surface area is 152 Å². The van der Waals surface area contributed by atoms with Crippen LogP contribution in [0.2, 0.25) is 0 Å². The van der Waals surface area contributed by atoms with Gasteiger partial charge in [-0.05, 0) is 57.2 Å². The molecule has 0 spiro atoms. The number of piperazine rings is 1. The first-order valence-corrected chi connectivity index (χ1v) is 9.68. The smallest absolute Gasteiger partial charge is 0.223 e. The van der Waals surface area contributed by atoms with Crippen molar-refractivity contribution < 1.29 is 4.79 Å². The van der Waals surface area contributed by atoms with Gasteiger partial charge in [-0.1, -0.05) is 19.1 Å². The van der Waals surface area contributed by atoms with Crippen LogP contribution >= 0.6 is 0 Å². The number of amides is 1. The van der Waals surface area contributed by atoms with Crippen LogP contribution in [0.3, 0.4) is 0 Å². The van der Waals surface area contributed by atoms with Crippen molar-refractivity contribution in [3.05, 3.63) is 29.8 Å². The minimum absolute atomic E-state index is 0.187. The van der Waals surface area contributed by atoms with Crippen molar-refractivity contribution in [2.75, 3.05) is 57.8 Å². The van der Waals surface area contributed by atoms with E-state index < -0.39 is 0 Å². The monoisotopic (exact) mass is 344 g/mol. The molecule has 0 radical (unpaired) electrons. The number of nitrogens with zero attached hydrogens (tertiary/aromatic N) is 3. The molecule has 5 nitrogen and oxygen atoms in total. The molecule has 0 aliphatic carbocycles. The van der Waals surface area contributed by atoms with Gasteiger partial charge >= 0.3 is 0 Å². The minimum atomic E-state index is 0.187. The van der Waals surface area contributed by atoms with Crippen molar-refractivity contribution in [1.29, 1.82) is 0 Å². The molecule has 138 valence electrons. The van der Waals surface area contributed by atoms with Gasteiger partial charge in [0.2, 0.25) is 5.91 Å². The summed E-state index contributed by atoms with van der Waals surface area (Å²) >= 11 is 0. The number of hydrogen-bond acceptors (Lipinski definition) is 4. The first-order chi connectivity index (χ1) is 12.2. The van der Waals surface area contributed by atoms with Crippen molar-refractivity contribution in [2.45, 2.75) is 26.3 Å². The van der Waals surface area contributed by atoms with Gasteiger partial charge in [0, 0.05) is 44.3 Å². The van der Waals surface area contributed by atoms with Crippen LogP contribution in [0.1, 0.15) is 25.3 Å². The fraction of sp³-hybridized carbons (Fsp3) is 0.650. The maximum Gasteiger partial charge on any atom is 0.223 e. The van der Waals surface area contributed by atoms with Crippen LogP contribution in [0.15, 0.2) is 24.3 Å². The summed E-state index contributed by atoms with van der Waals surface area (Å²) in [7, 11) is 2.18. The normalized spacial score (nSPS) is 20.6. The number of likely N-dealkylation sites (tertiary alicyclic amines) is 1. The van der Waals surface area contributed by atoms with E-state index in [2.05, 4.69) is 58.3 Å². The van der Waals surface area contributed by atoms with Crippen molar-refractivity contribution in [1.82, 2.24) is 15.1 Å². The molecule has 25 heavy (non-hydrogen) atoms. The molecule has 5 heteroatoms. The lowest BCUT2D eigenvalue weighted by Crippen LogP contribution is -2.44. The number of carbonyl (C=O) groups excluding carboxylic acids is 1. The second-order valence-electron chi connectivity index (χ2n) is 7.38. The molecule has 0 unspecified atom stereocenters. The largest absolute Gasteiger partial charge is 0.369 e. The van der Waals surface area contributed by atoms with Crippen LogP contribution in [-0.2, 0) is 11.3 Å². The molecular weight excluding hydrogens is 312 g/mol. The lowest BCUT2D eigenvalue weighted by Gasteiger charge is -2.34. The van der Waals surface area contributed by atoms with Crippen LogP contribution in [0, 0.1) is 5.92 Å². The first kappa shape index (κ1) is 18.2. The molecular formula is C20H32N4O. The molecule has 2 heterocycles. The molecule has 2 saturated heterocycles. The van der Waals surface area contributed by atoms with Crippen molar-refractivity contribution in [3.8, 4) is 0 Å². The first-order valence-electron chi connectivity index (χ1n) is 9.68. The van der Waals surface area contributed by atoms with Crippen LogP contribution in [0.5, 0.6) is 0 Å². The summed E-state index contributed by atoms with van der Waals surface area (Å²) in [5.41, 5.74) is 2.47. The fourth-order valence-corrected chi connectivity index (χ4v) is 3.73. The van der Waals surface area contributed by atoms with Gasteiger partial charge in [-0.2, -0.15) is 0 Å². The maximum absolute atomic E-state index is 12.4. The summed E-state index contributed by atoms with van der Waals surface area (Å²) in [4.78, 5) is 19.6. The number of anilines is 1. The summed E-state index contributed by atoms with van der Waals surface area (Å²) < 4.78 is 0. The predicted molar refractivity (Wildman–Crippen MR) is 103 cm³/mol. The molecule has 0 bridgehead atoms. The van der Waals surface area contributed by atoms with Gasteiger partial charge in [0.05, 0.1) is 0 Å². The molecule has 3 rings (SSSR count). The van der Waals surface area contributed by atoms with Crippen molar-refractivity contribution in [2.24, 2.45) is 5.92 Å². The quantitative estimate of drug-likeness (QED) is 0.884. The van der Waals surface area contributed by atoms with Gasteiger partial charge in [0.25, 0.3) is 0 Å². The lowest BCUT2D eigenvalue weighted by atomic mass is 9.96. The highest BCUT2D eigenvalue weighted by Gasteiger charge is 2.23. The van der Waals surface area contributed by atoms with Crippen molar-refractivity contribution >= 4 is 11.6 Å². The summed E-state index contributed by atoms with van der Waals surface area (Å²) in [6, 6.07) is 8.67. The Kier molecular flexibility index (Phi) is 6.32. The molecule has 1 N–H and O–H groups in total. The highest BCUT2D eigenvalue weighted by Crippen LogP contribution is 2.19. The van der Waals surface area contributed by atoms with Crippen LogP contribution in [0.4, 0.5) is 5.69 Å². The van der Waals surface area contributed by atoms with Gasteiger partial charge in [-0.25, -0.2) is 0 Å². The summed E-state index contributed by atoms with van der Waals surface area (Å²) in [6.45, 7) is 10.4. The van der Waals surface area contributed by atoms with E-state index in [0.29, 0.717) is 6.54 Å². The SMILES string of the molecule is CCN1CCC(C(=O)NCc2ccc(N3CCN(C)CC3)cc2)CC1. The molecule has 2 aliphatic rings. The Hall–Kier alpha value is -1.59. The van der Waals surface area contributed by atoms with E-state index in [-0.39, 0.29) is 11.8 Å². The van der Waals surface area contributed by atoms with Crippen LogP contribution < -0.4 is 10.2 Å². The Morgan fingerprint density at radius 2 is 1.68 bits per heavy atom. The molecule has 1 aromatic rings. The number of benzene rings is 1. The summed E-state index contributed by atoms with van der Waals surface area (Å²) in [5, 5.41) is 3.13. The van der Waals surface area contributed by atoms with E-state index in [1.807, 2.05) is 0 Å². The fourth-order valence-electron chi connectivity index (χ4n) is 3.73. The van der Waals surface area contributed by atoms with E-state index in [1.54, 1.807) is 0 Å². The standard InChI is InChI=1S/C20H32N4O/c1-3-23-10-8-18(9-11-23)20(25)21-16-17-4-6-19(7-5-17)24-14-12-22(2)13-15-24/h4-7,18H,3,8-16H2,1-2H3,(H,21,25). The van der Waals surface area contributed by atoms with E-state index in [9.17, 15) is 4.79 Å². The number of piperidine rings is 1. The predicted octanol–water partition coefficient (Wildman–Crippen LogP) is 1.79. The zero-order chi connectivity index (χ0) is 17.6. The molecule has 0 aromatic heterocycles. The Morgan fingerprint density at radius 1 is 1.04 bits per heavy atom. The zero-order valence-electron chi connectivity index (χ0n) is 15.7. The van der Waals surface area contributed by atoms with Gasteiger partial charge in [-0.3, -0.25) is 4.79 Å². The minimum Gasteiger partial charge on any atom is -0.369 e. The van der Waals surface area contributed by atoms with E-state index in [0.717, 1.165) is 58.7 Å². The summed E-state index contributed by atoms with van der Waals surface area (Å²) in [5.74, 6) is 0.409. The van der Waals surface area contributed by atoms with E-state index in [1.165, 1.54) is 11.3 Å². The summed E-state index contributed by atoms with van der Waals surface area (Å²) in [6.07, 6.45) is 1.98. The number of carbonyl (C=O) groups is 1. The Balaban J connectivity index is 1.45. The van der Waals surface area contributed by atoms with E-state index >= 15 is 0 Å². The van der Waals surface area contributed by atoms with Gasteiger partial charge in [0.15, 0.2) is 0 Å². The molecule has 2 aliphatic heterocycles. The molecule has 0 saturated carbocycles. The molecule has 2 fully saturated rings. The van der Waals surface area contributed by atoms with Gasteiger partial charge in [-0.15, -0.1) is 0 Å². The zero-order valence-corrected chi connectivity index (χ0v) is 15.7. The van der Waals surface area contributed by atoms with Gasteiger partial charge < -0.3 is 20.0 Å². The second-order valence-corrected chi connectivity index (χ2v) is 7.38. The van der Waals surface area contributed by atoms with Crippen LogP contribution in [0.25, 0.3) is 0 Å². The third-order valence-corrected chi connectivity index (χ3v) is 5.68. The lowest BCUT2D eigenvalue weighted by molar-refractivity contribution is -0.126. The maximum atomic E-state index is 12.4. The average molecular weight is 345 g/mol. The highest BCUT2D eigenvalue weighted by molar-refractivity contribution is 5.78. The van der Waals surface area contributed by atoms with Crippen molar-refractivity contribution in [3.63, 3.8) is 0 Å². The molecule has 1 amide bonds. The average Bonchev–Trinajstić information content (AvgIpc) is 2.67. The van der Waals surface area contributed by atoms with Crippen LogP contribution in [-0.4, -0.2) is 68.6 Å². The number of rotatable bonds is 5. The number of hydrogen-bond donors (Lipinski definition) is 1. The van der Waals surface area contributed by atoms with Gasteiger partial charge in [0.1, 0.15) is 0 Å². The van der Waals surface area contributed by atoms with E-state index in [4.69, 9.17) is 0 Å². The second kappa shape index (κ2) is 8.68. The number of likely N-dealkylation sites (N-methyl/N-ethyl adjacent to an activating group) is 1. The molecule has 0 atom stereocenters. The Morgan fingerprint density at radius 3 is 2.28 bits per heavy atom. The highest BCUT2D eigenvalue weighted by atomic mass is 16.1.